The summed E-state index contributed by atoms with van der Waals surface area (Å²) in [4.78, 5) is 97.5. The van der Waals surface area contributed by atoms with E-state index in [1.165, 1.54) is 0 Å². The Morgan fingerprint density at radius 2 is 0.846 bits per heavy atom. The van der Waals surface area contributed by atoms with E-state index in [1.54, 1.807) is 13.8 Å². The molecule has 0 heterocycles. The minimum atomic E-state index is -1.09. The van der Waals surface area contributed by atoms with Crippen LogP contribution in [0.2, 0.25) is 0 Å². The Bertz CT molecular complexity index is 2340. The fourth-order valence-corrected chi connectivity index (χ4v) is 8.48. The molecule has 0 aromatic carbocycles. The number of carboxylic acids is 2. The highest BCUT2D eigenvalue weighted by atomic mass is 16.6. The zero-order chi connectivity index (χ0) is 58.6. The van der Waals surface area contributed by atoms with Crippen molar-refractivity contribution in [3.8, 4) is 0 Å². The summed E-state index contributed by atoms with van der Waals surface area (Å²) in [6.45, 7) is 20.5. The van der Waals surface area contributed by atoms with Crippen molar-refractivity contribution in [2.75, 3.05) is 26.2 Å². The number of urea groups is 2. The van der Waals surface area contributed by atoms with Crippen molar-refractivity contribution in [1.29, 1.82) is 0 Å². The molecule has 0 saturated carbocycles. The van der Waals surface area contributed by atoms with Crippen LogP contribution in [-0.2, 0) is 38.2 Å². The van der Waals surface area contributed by atoms with Gasteiger partial charge in [0.25, 0.3) is 0 Å². The highest BCUT2D eigenvalue weighted by molar-refractivity contribution is 6.02. The average molecular weight is 1080 g/mol. The Morgan fingerprint density at radius 1 is 0.538 bits per heavy atom. The second-order valence-corrected chi connectivity index (χ2v) is 21.1. The summed E-state index contributed by atoms with van der Waals surface area (Å²) < 4.78 is 11.2. The molecule has 18 heteroatoms. The minimum Gasteiger partial charge on any atom is -0.480 e. The number of nitrogens with two attached hydrogens (primary N) is 2. The third kappa shape index (κ3) is 25.3. The molecule has 0 spiro atoms. The standard InChI is InChI=1S/C60H86N6O12/c1-39(21-13-23-41(3)29-31-45-43(5)53(69)49(37-59(45,7)8)77-51(67)27-17-35-65-57(75)63-33-15-25-47(61)55(71)72)19-11-12-20-40(2)22-14-24-42(4)30-32-46-44(6)54(70)50(38-60(46,9)10)78-52(68)28-18-36-66-58(76)64-34-16-26-48(62)56(73)74/h11-14,19-24,29-32,47-50H,15-18,25-28,33-38,61-62H2,1-10H3,(H,71,72)(H,73,74)(H2,63,65,75)(H2,64,66,76)/b12-11+,21-13+,22-14+,31-29+,32-30+,39-19+,40-20+,41-23+,42-24+. The molecule has 2 aliphatic carbocycles. The first kappa shape index (κ1) is 66.9. The van der Waals surface area contributed by atoms with Crippen molar-refractivity contribution >= 4 is 47.5 Å². The summed E-state index contributed by atoms with van der Waals surface area (Å²) >= 11 is 0. The van der Waals surface area contributed by atoms with Crippen molar-refractivity contribution in [1.82, 2.24) is 21.3 Å². The first-order chi connectivity index (χ1) is 36.6. The lowest BCUT2D eigenvalue weighted by atomic mass is 9.71. The topological polar surface area (TPSA) is 296 Å². The van der Waals surface area contributed by atoms with Gasteiger partial charge in [-0.3, -0.25) is 28.8 Å². The lowest BCUT2D eigenvalue weighted by molar-refractivity contribution is -0.156. The van der Waals surface area contributed by atoms with Crippen molar-refractivity contribution < 1.29 is 58.0 Å². The molecule has 0 fully saturated rings. The Balaban J connectivity index is 1.85. The smallest absolute Gasteiger partial charge is 0.320 e. The summed E-state index contributed by atoms with van der Waals surface area (Å²) in [5.74, 6) is -3.68. The monoisotopic (exact) mass is 1080 g/mol. The van der Waals surface area contributed by atoms with Crippen LogP contribution in [0.3, 0.4) is 0 Å². The highest BCUT2D eigenvalue weighted by Crippen LogP contribution is 2.42. The first-order valence-electron chi connectivity index (χ1n) is 26.6. The van der Waals surface area contributed by atoms with Gasteiger partial charge in [-0.1, -0.05) is 135 Å². The van der Waals surface area contributed by atoms with Gasteiger partial charge in [-0.25, -0.2) is 9.59 Å². The molecule has 78 heavy (non-hydrogen) atoms. The van der Waals surface area contributed by atoms with Crippen LogP contribution in [0.15, 0.2) is 130 Å². The van der Waals surface area contributed by atoms with Gasteiger partial charge < -0.3 is 52.4 Å². The van der Waals surface area contributed by atoms with Gasteiger partial charge in [0, 0.05) is 51.9 Å². The summed E-state index contributed by atoms with van der Waals surface area (Å²) in [6.07, 6.45) is 28.6. The predicted molar refractivity (Wildman–Crippen MR) is 304 cm³/mol. The number of Topliss-reactive ketones (excluding diaryl/α,β-unsaturated/α-hetero) is 2. The Labute approximate surface area is 461 Å². The number of hydrogen-bond acceptors (Lipinski definition) is 12. The van der Waals surface area contributed by atoms with Crippen LogP contribution < -0.4 is 32.7 Å². The fourth-order valence-electron chi connectivity index (χ4n) is 8.48. The zero-order valence-corrected chi connectivity index (χ0v) is 47.4. The quantitative estimate of drug-likeness (QED) is 0.0190. The summed E-state index contributed by atoms with van der Waals surface area (Å²) in [5, 5.41) is 28.2. The molecule has 0 aliphatic heterocycles. The van der Waals surface area contributed by atoms with E-state index in [0.29, 0.717) is 49.7 Å². The number of carboxylic acid groups (broad SMARTS) is 2. The van der Waals surface area contributed by atoms with Crippen molar-refractivity contribution in [3.63, 3.8) is 0 Å². The maximum Gasteiger partial charge on any atom is 0.320 e. The van der Waals surface area contributed by atoms with E-state index < -0.39 is 71.1 Å². The number of rotatable bonds is 30. The van der Waals surface area contributed by atoms with Gasteiger partial charge in [-0.05, 0) is 113 Å². The maximum absolute atomic E-state index is 13.3. The van der Waals surface area contributed by atoms with Crippen LogP contribution in [0.5, 0.6) is 0 Å². The molecule has 428 valence electrons. The third-order valence-electron chi connectivity index (χ3n) is 13.1. The van der Waals surface area contributed by atoms with Crippen LogP contribution in [-0.4, -0.2) is 108 Å². The van der Waals surface area contributed by atoms with E-state index in [4.69, 9.17) is 31.2 Å². The molecule has 0 radical (unpaired) electrons. The first-order valence-corrected chi connectivity index (χ1v) is 26.6. The van der Waals surface area contributed by atoms with Gasteiger partial charge >= 0.3 is 35.9 Å². The van der Waals surface area contributed by atoms with Crippen LogP contribution >= 0.6 is 0 Å². The molecule has 0 bridgehead atoms. The summed E-state index contributed by atoms with van der Waals surface area (Å²) in [5.41, 5.74) is 17.0. The van der Waals surface area contributed by atoms with Gasteiger partial charge in [0.1, 0.15) is 12.1 Å². The van der Waals surface area contributed by atoms with Crippen molar-refractivity contribution in [3.05, 3.63) is 130 Å². The molecular weight excluding hydrogens is 997 g/mol. The van der Waals surface area contributed by atoms with Crippen molar-refractivity contribution in [2.24, 2.45) is 22.3 Å². The van der Waals surface area contributed by atoms with Crippen LogP contribution in [0.25, 0.3) is 0 Å². The molecule has 4 amide bonds. The van der Waals surface area contributed by atoms with Gasteiger partial charge in [0.2, 0.25) is 0 Å². The largest absolute Gasteiger partial charge is 0.480 e. The number of ketones is 2. The molecule has 0 saturated heterocycles. The second kappa shape index (κ2) is 33.9. The van der Waals surface area contributed by atoms with E-state index in [0.717, 1.165) is 33.4 Å². The SMILES string of the molecule is CC1=C(/C=C/C(C)=C/C=C/C(C)=C/C=C/C=C(C)/C=C/C=C(C)/C=C/C2=C(C)C(=O)C(OC(=O)CCCNC(=O)NCCCC(N)C(=O)O)CC2(C)C)C(C)(C)CC(OC(=O)CCCNC(=O)NCCCC(N)C(=O)O)C1=O. The number of esters is 2. The van der Waals surface area contributed by atoms with E-state index in [1.807, 2.05) is 140 Å². The minimum absolute atomic E-state index is 0.0270. The Kier molecular flexibility index (Phi) is 29.1. The normalized spacial score (nSPS) is 19.3. The molecule has 10 N–H and O–H groups in total. The van der Waals surface area contributed by atoms with E-state index in [9.17, 15) is 38.4 Å². The third-order valence-corrected chi connectivity index (χ3v) is 13.1. The lowest BCUT2D eigenvalue weighted by Gasteiger charge is -2.36. The number of carbonyl (C=O) groups is 8. The molecule has 0 aromatic heterocycles. The number of amides is 4. The summed E-state index contributed by atoms with van der Waals surface area (Å²) in [7, 11) is 0. The molecule has 4 unspecified atom stereocenters. The average Bonchev–Trinajstić information content (AvgIpc) is 3.35. The fraction of sp³-hybridized carbons (Fsp3) is 0.500. The van der Waals surface area contributed by atoms with Gasteiger partial charge in [0.15, 0.2) is 23.8 Å². The van der Waals surface area contributed by atoms with Crippen LogP contribution in [0, 0.1) is 10.8 Å². The zero-order valence-electron chi connectivity index (χ0n) is 47.4. The number of ether oxygens (including phenoxy) is 2. The molecule has 0 aromatic rings. The summed E-state index contributed by atoms with van der Waals surface area (Å²) in [6, 6.07) is -2.82. The van der Waals surface area contributed by atoms with E-state index in [2.05, 4.69) is 21.3 Å². The van der Waals surface area contributed by atoms with E-state index in [-0.39, 0.29) is 63.4 Å². The molecular formula is C60H86N6O12. The van der Waals surface area contributed by atoms with Crippen LogP contribution in [0.4, 0.5) is 9.59 Å². The maximum atomic E-state index is 13.3. The Hall–Kier alpha value is -7.18. The second-order valence-electron chi connectivity index (χ2n) is 21.1. The van der Waals surface area contributed by atoms with Crippen molar-refractivity contribution in [2.45, 2.75) is 158 Å². The number of allylic oxidation sites excluding steroid dienone is 20. The number of hydrogen-bond donors (Lipinski definition) is 8. The molecule has 4 atom stereocenters. The van der Waals surface area contributed by atoms with Gasteiger partial charge in [0.05, 0.1) is 0 Å². The van der Waals surface area contributed by atoms with Crippen LogP contribution in [0.1, 0.15) is 133 Å². The van der Waals surface area contributed by atoms with Gasteiger partial charge in [-0.15, -0.1) is 0 Å². The lowest BCUT2D eigenvalue weighted by Crippen LogP contribution is -2.39. The Morgan fingerprint density at radius 3 is 1.18 bits per heavy atom. The molecule has 18 nitrogen and oxygen atoms in total. The number of aliphatic carboxylic acids is 2. The number of nitrogens with one attached hydrogen (secondary N) is 4. The molecule has 2 rings (SSSR count). The van der Waals surface area contributed by atoms with Gasteiger partial charge in [-0.2, -0.15) is 0 Å². The van der Waals surface area contributed by atoms with E-state index >= 15 is 0 Å². The molecule has 2 aliphatic rings. The number of carbonyl (C=O) groups excluding carboxylic acids is 6. The highest BCUT2D eigenvalue weighted by Gasteiger charge is 2.41. The predicted octanol–water partition coefficient (Wildman–Crippen LogP) is 8.55.